The standard InChI is InChI=1S/C17H16Cl2O2/c1-17(2,14-7-3-12(4-8-14)11-21-19)15-9-5-13(6-10-15)16(18)20/h3-10H,11H2,1-2H3. The van der Waals surface area contributed by atoms with Gasteiger partial charge in [-0.3, -0.25) is 9.08 Å². The zero-order chi connectivity index (χ0) is 15.5. The second-order valence-corrected chi connectivity index (χ2v) is 5.99. The fourth-order valence-corrected chi connectivity index (χ4v) is 2.52. The van der Waals surface area contributed by atoms with Crippen LogP contribution < -0.4 is 0 Å². The van der Waals surface area contributed by atoms with Crippen LogP contribution in [0, 0.1) is 0 Å². The van der Waals surface area contributed by atoms with Gasteiger partial charge in [0.2, 0.25) is 0 Å². The largest absolute Gasteiger partial charge is 0.276 e. The van der Waals surface area contributed by atoms with Gasteiger partial charge in [-0.05, 0) is 40.4 Å². The Hall–Kier alpha value is -1.35. The number of carbonyl (C=O) groups is 1. The number of hydrogen-bond acceptors (Lipinski definition) is 2. The zero-order valence-corrected chi connectivity index (χ0v) is 13.4. The van der Waals surface area contributed by atoms with E-state index in [4.69, 9.17) is 23.5 Å². The highest BCUT2D eigenvalue weighted by Gasteiger charge is 2.23. The van der Waals surface area contributed by atoms with Crippen LogP contribution in [0.5, 0.6) is 0 Å². The summed E-state index contributed by atoms with van der Waals surface area (Å²) in [5.74, 6) is 0. The summed E-state index contributed by atoms with van der Waals surface area (Å²) in [6, 6.07) is 15.5. The molecule has 0 heterocycles. The summed E-state index contributed by atoms with van der Waals surface area (Å²) in [5, 5.41) is -0.440. The summed E-state index contributed by atoms with van der Waals surface area (Å²) in [4.78, 5) is 11.1. The van der Waals surface area contributed by atoms with Gasteiger partial charge in [-0.25, -0.2) is 0 Å². The lowest BCUT2D eigenvalue weighted by atomic mass is 9.78. The molecule has 2 nitrogen and oxygen atoms in total. The highest BCUT2D eigenvalue weighted by atomic mass is 35.5. The van der Waals surface area contributed by atoms with Crippen molar-refractivity contribution in [1.82, 2.24) is 0 Å². The average molecular weight is 323 g/mol. The minimum absolute atomic E-state index is 0.172. The Balaban J connectivity index is 2.29. The van der Waals surface area contributed by atoms with Crippen molar-refractivity contribution >= 4 is 28.7 Å². The maximum atomic E-state index is 11.1. The summed E-state index contributed by atoms with van der Waals surface area (Å²) in [6.07, 6.45) is 0. The van der Waals surface area contributed by atoms with E-state index < -0.39 is 5.24 Å². The van der Waals surface area contributed by atoms with Gasteiger partial charge in [-0.2, -0.15) is 0 Å². The van der Waals surface area contributed by atoms with Gasteiger partial charge in [-0.15, -0.1) is 0 Å². The third kappa shape index (κ3) is 3.65. The van der Waals surface area contributed by atoms with Crippen LogP contribution in [0.15, 0.2) is 48.5 Å². The molecule has 2 aromatic carbocycles. The Labute approximate surface area is 134 Å². The lowest BCUT2D eigenvalue weighted by Gasteiger charge is -2.26. The molecule has 0 aliphatic heterocycles. The van der Waals surface area contributed by atoms with Gasteiger partial charge in [0.25, 0.3) is 5.24 Å². The van der Waals surface area contributed by atoms with Crippen molar-refractivity contribution in [2.45, 2.75) is 25.9 Å². The average Bonchev–Trinajstić information content (AvgIpc) is 2.48. The van der Waals surface area contributed by atoms with Gasteiger partial charge < -0.3 is 0 Å². The molecular formula is C17H16Cl2O2. The van der Waals surface area contributed by atoms with Crippen LogP contribution in [0.1, 0.15) is 40.9 Å². The van der Waals surface area contributed by atoms with E-state index >= 15 is 0 Å². The van der Waals surface area contributed by atoms with Crippen molar-refractivity contribution in [3.05, 3.63) is 70.8 Å². The summed E-state index contributed by atoms with van der Waals surface area (Å²) < 4.78 is 4.60. The molecule has 0 spiro atoms. The van der Waals surface area contributed by atoms with Crippen LogP contribution in [-0.2, 0) is 16.3 Å². The van der Waals surface area contributed by atoms with Gasteiger partial charge >= 0.3 is 0 Å². The molecule has 0 amide bonds. The van der Waals surface area contributed by atoms with E-state index in [1.807, 2.05) is 24.3 Å². The SMILES string of the molecule is CC(C)(c1ccc(COCl)cc1)c1ccc(C(=O)Cl)cc1. The van der Waals surface area contributed by atoms with Gasteiger partial charge in [0.15, 0.2) is 0 Å². The van der Waals surface area contributed by atoms with E-state index in [0.717, 1.165) is 11.1 Å². The lowest BCUT2D eigenvalue weighted by Crippen LogP contribution is -2.19. The fourth-order valence-electron chi connectivity index (χ4n) is 2.27. The quantitative estimate of drug-likeness (QED) is 0.719. The third-order valence-corrected chi connectivity index (χ3v) is 4.06. The second-order valence-electron chi connectivity index (χ2n) is 5.43. The highest BCUT2D eigenvalue weighted by molar-refractivity contribution is 6.67. The van der Waals surface area contributed by atoms with Crippen molar-refractivity contribution in [2.75, 3.05) is 0 Å². The number of carbonyl (C=O) groups excluding carboxylic acids is 1. The van der Waals surface area contributed by atoms with Crippen molar-refractivity contribution in [3.63, 3.8) is 0 Å². The van der Waals surface area contributed by atoms with E-state index in [2.05, 4.69) is 30.3 Å². The first-order valence-electron chi connectivity index (χ1n) is 6.58. The van der Waals surface area contributed by atoms with Gasteiger partial charge in [0.1, 0.15) is 0 Å². The molecule has 0 radical (unpaired) electrons. The number of hydrogen-bond donors (Lipinski definition) is 0. The molecule has 0 atom stereocenters. The Morgan fingerprint density at radius 2 is 1.48 bits per heavy atom. The predicted octanol–water partition coefficient (Wildman–Crippen LogP) is 5.06. The Morgan fingerprint density at radius 1 is 1.00 bits per heavy atom. The lowest BCUT2D eigenvalue weighted by molar-refractivity contribution is 0.108. The molecule has 0 saturated heterocycles. The molecule has 0 aliphatic carbocycles. The van der Waals surface area contributed by atoms with Crippen LogP contribution in [-0.4, -0.2) is 5.24 Å². The van der Waals surface area contributed by atoms with Gasteiger partial charge in [0.05, 0.1) is 18.5 Å². The molecule has 0 N–H and O–H groups in total. The summed E-state index contributed by atoms with van der Waals surface area (Å²) in [5.41, 5.74) is 3.64. The van der Waals surface area contributed by atoms with E-state index in [1.54, 1.807) is 12.1 Å². The molecule has 2 rings (SSSR count). The van der Waals surface area contributed by atoms with Gasteiger partial charge in [-0.1, -0.05) is 50.2 Å². The zero-order valence-electron chi connectivity index (χ0n) is 11.9. The fraction of sp³-hybridized carbons (Fsp3) is 0.235. The molecule has 0 saturated carbocycles. The normalized spacial score (nSPS) is 11.4. The number of rotatable bonds is 5. The van der Waals surface area contributed by atoms with Crippen LogP contribution >= 0.6 is 23.5 Å². The van der Waals surface area contributed by atoms with Gasteiger partial charge in [0, 0.05) is 11.0 Å². The summed E-state index contributed by atoms with van der Waals surface area (Å²) >= 11 is 10.7. The molecule has 110 valence electrons. The summed E-state index contributed by atoms with van der Waals surface area (Å²) in [6.45, 7) is 4.66. The van der Waals surface area contributed by atoms with Crippen LogP contribution in [0.4, 0.5) is 0 Å². The van der Waals surface area contributed by atoms with E-state index in [0.29, 0.717) is 12.2 Å². The van der Waals surface area contributed by atoms with E-state index in [1.165, 1.54) is 5.56 Å². The Morgan fingerprint density at radius 3 is 1.90 bits per heavy atom. The first kappa shape index (κ1) is 16.0. The third-order valence-electron chi connectivity index (χ3n) is 3.73. The molecule has 2 aromatic rings. The van der Waals surface area contributed by atoms with Crippen molar-refractivity contribution < 1.29 is 9.08 Å². The van der Waals surface area contributed by atoms with Crippen molar-refractivity contribution in [3.8, 4) is 0 Å². The highest BCUT2D eigenvalue weighted by Crippen LogP contribution is 2.31. The topological polar surface area (TPSA) is 26.3 Å². The molecule has 21 heavy (non-hydrogen) atoms. The maximum absolute atomic E-state index is 11.1. The first-order valence-corrected chi connectivity index (χ1v) is 7.27. The molecule has 0 bridgehead atoms. The molecule has 0 aromatic heterocycles. The minimum Gasteiger partial charge on any atom is -0.276 e. The Bertz CT molecular complexity index is 616. The van der Waals surface area contributed by atoms with E-state index in [9.17, 15) is 4.79 Å². The number of halogens is 2. The van der Waals surface area contributed by atoms with Crippen molar-refractivity contribution in [2.24, 2.45) is 0 Å². The van der Waals surface area contributed by atoms with Crippen LogP contribution in [0.2, 0.25) is 0 Å². The molecule has 0 fully saturated rings. The summed E-state index contributed by atoms with van der Waals surface area (Å²) in [7, 11) is 0. The monoisotopic (exact) mass is 322 g/mol. The van der Waals surface area contributed by atoms with Crippen LogP contribution in [0.25, 0.3) is 0 Å². The molecule has 4 heteroatoms. The molecule has 0 aliphatic rings. The van der Waals surface area contributed by atoms with Crippen LogP contribution in [0.3, 0.4) is 0 Å². The predicted molar refractivity (Wildman–Crippen MR) is 85.8 cm³/mol. The second kappa shape index (κ2) is 6.61. The minimum atomic E-state index is -0.440. The molecular weight excluding hydrogens is 307 g/mol. The molecule has 0 unspecified atom stereocenters. The number of benzene rings is 2. The van der Waals surface area contributed by atoms with Crippen molar-refractivity contribution in [1.29, 1.82) is 0 Å². The van der Waals surface area contributed by atoms with E-state index in [-0.39, 0.29) is 5.41 Å². The smallest absolute Gasteiger partial charge is 0.252 e. The maximum Gasteiger partial charge on any atom is 0.252 e. The first-order chi connectivity index (χ1) is 9.95. The Kier molecular flexibility index (Phi) is 5.04.